The minimum Gasteiger partial charge on any atom is -0.484 e. The Labute approximate surface area is 153 Å². The fourth-order valence-electron chi connectivity index (χ4n) is 2.81. The van der Waals surface area contributed by atoms with Crippen molar-refractivity contribution in [3.8, 4) is 5.75 Å². The Hall–Kier alpha value is -3.02. The van der Waals surface area contributed by atoms with Gasteiger partial charge in [-0.05, 0) is 37.1 Å². The summed E-state index contributed by atoms with van der Waals surface area (Å²) in [5, 5.41) is 4.67. The number of fused-ring (bicyclic) bond motifs is 1. The number of rotatable bonds is 5. The topological polar surface area (TPSA) is 70.7 Å². The smallest absolute Gasteiger partial charge is 0.276 e. The molecule has 0 fully saturated rings. The summed E-state index contributed by atoms with van der Waals surface area (Å²) in [6, 6.07) is 14.7. The van der Waals surface area contributed by atoms with Crippen molar-refractivity contribution in [2.75, 3.05) is 11.9 Å². The van der Waals surface area contributed by atoms with Crippen molar-refractivity contribution in [1.82, 2.24) is 10.4 Å². The van der Waals surface area contributed by atoms with Crippen LogP contribution in [0.4, 0.5) is 5.69 Å². The predicted octanol–water partition coefficient (Wildman–Crippen LogP) is 2.96. The number of aryl methyl sites for hydroxylation is 1. The molecule has 0 radical (unpaired) electrons. The number of carbonyl (C=O) groups excluding carboxylic acids is 2. The number of nitrogens with one attached hydrogen (secondary N) is 2. The number of amides is 2. The van der Waals surface area contributed by atoms with E-state index in [-0.39, 0.29) is 30.5 Å². The zero-order chi connectivity index (χ0) is 18.7. The second-order valence-electron chi connectivity index (χ2n) is 6.69. The van der Waals surface area contributed by atoms with Crippen LogP contribution in [0.15, 0.2) is 48.5 Å². The quantitative estimate of drug-likeness (QED) is 0.867. The van der Waals surface area contributed by atoms with Crippen molar-refractivity contribution in [1.29, 1.82) is 0 Å². The minimum absolute atomic E-state index is 0.102. The summed E-state index contributed by atoms with van der Waals surface area (Å²) in [6.45, 7) is 5.79. The summed E-state index contributed by atoms with van der Waals surface area (Å²) >= 11 is 0. The Kier molecular flexibility index (Phi) is 5.11. The van der Waals surface area contributed by atoms with Crippen LogP contribution in [0.25, 0.3) is 0 Å². The highest BCUT2D eigenvalue weighted by Crippen LogP contribution is 2.26. The molecule has 136 valence electrons. The van der Waals surface area contributed by atoms with Crippen molar-refractivity contribution in [2.45, 2.75) is 26.9 Å². The Bertz CT molecular complexity index is 802. The van der Waals surface area contributed by atoms with Gasteiger partial charge >= 0.3 is 0 Å². The van der Waals surface area contributed by atoms with Crippen LogP contribution in [0.5, 0.6) is 5.75 Å². The van der Waals surface area contributed by atoms with E-state index in [2.05, 4.69) is 10.7 Å². The molecule has 1 aliphatic heterocycles. The van der Waals surface area contributed by atoms with Crippen molar-refractivity contribution in [3.63, 3.8) is 0 Å². The first-order valence-electron chi connectivity index (χ1n) is 8.64. The number of benzene rings is 2. The fraction of sp³-hybridized carbons (Fsp3) is 0.300. The molecule has 0 bridgehead atoms. The summed E-state index contributed by atoms with van der Waals surface area (Å²) in [4.78, 5) is 25.1. The van der Waals surface area contributed by atoms with Crippen LogP contribution in [0.3, 0.4) is 0 Å². The highest BCUT2D eigenvalue weighted by molar-refractivity contribution is 6.02. The van der Waals surface area contributed by atoms with Crippen LogP contribution in [-0.2, 0) is 4.79 Å². The molecule has 1 aliphatic rings. The zero-order valence-electron chi connectivity index (χ0n) is 15.2. The van der Waals surface area contributed by atoms with E-state index in [9.17, 15) is 9.59 Å². The maximum Gasteiger partial charge on any atom is 0.276 e. The van der Waals surface area contributed by atoms with Gasteiger partial charge in [0, 0.05) is 5.69 Å². The molecular formula is C20H23N3O3. The molecule has 0 aromatic heterocycles. The summed E-state index contributed by atoms with van der Waals surface area (Å²) in [5.74, 6) is 0.0951. The number of hydrogen-bond donors (Lipinski definition) is 2. The summed E-state index contributed by atoms with van der Waals surface area (Å²) in [6.07, 6.45) is -0.333. The molecule has 0 saturated carbocycles. The molecule has 1 heterocycles. The Morgan fingerprint density at radius 3 is 2.58 bits per heavy atom. The van der Waals surface area contributed by atoms with Crippen molar-refractivity contribution in [2.24, 2.45) is 5.92 Å². The van der Waals surface area contributed by atoms with Crippen LogP contribution in [0, 0.1) is 12.8 Å². The first-order chi connectivity index (χ1) is 12.5. The van der Waals surface area contributed by atoms with E-state index >= 15 is 0 Å². The normalized spacial score (nSPS) is 16.1. The molecule has 3 rings (SSSR count). The van der Waals surface area contributed by atoms with Crippen LogP contribution in [-0.4, -0.2) is 29.6 Å². The van der Waals surface area contributed by atoms with Gasteiger partial charge in [-0.1, -0.05) is 43.7 Å². The molecule has 2 amide bonds. The largest absolute Gasteiger partial charge is 0.484 e. The first kappa shape index (κ1) is 17.8. The van der Waals surface area contributed by atoms with E-state index in [1.165, 1.54) is 5.01 Å². The lowest BCUT2D eigenvalue weighted by Crippen LogP contribution is -2.59. The molecule has 0 aliphatic carbocycles. The number of hydrazine groups is 1. The van der Waals surface area contributed by atoms with E-state index < -0.39 is 0 Å². The Morgan fingerprint density at radius 2 is 1.88 bits per heavy atom. The van der Waals surface area contributed by atoms with Crippen molar-refractivity contribution >= 4 is 17.5 Å². The van der Waals surface area contributed by atoms with E-state index in [0.29, 0.717) is 11.3 Å². The molecular weight excluding hydrogens is 330 g/mol. The first-order valence-corrected chi connectivity index (χ1v) is 8.64. The van der Waals surface area contributed by atoms with E-state index in [1.54, 1.807) is 12.1 Å². The van der Waals surface area contributed by atoms with E-state index in [0.717, 1.165) is 11.3 Å². The highest BCUT2D eigenvalue weighted by Gasteiger charge is 2.34. The molecule has 1 unspecified atom stereocenters. The molecule has 0 spiro atoms. The van der Waals surface area contributed by atoms with E-state index in [1.807, 2.05) is 57.2 Å². The number of ether oxygens (including phenoxy) is 1. The lowest BCUT2D eigenvalue weighted by molar-refractivity contribution is -0.128. The predicted molar refractivity (Wildman–Crippen MR) is 99.7 cm³/mol. The number of para-hydroxylation sites is 1. The molecule has 1 atom stereocenters. The van der Waals surface area contributed by atoms with Crippen LogP contribution in [0.1, 0.15) is 29.8 Å². The van der Waals surface area contributed by atoms with Gasteiger partial charge in [-0.3, -0.25) is 15.0 Å². The monoisotopic (exact) mass is 353 g/mol. The molecule has 26 heavy (non-hydrogen) atoms. The average molecular weight is 353 g/mol. The molecule has 0 saturated heterocycles. The van der Waals surface area contributed by atoms with Crippen LogP contribution in [0.2, 0.25) is 0 Å². The van der Waals surface area contributed by atoms with Crippen molar-refractivity contribution in [3.05, 3.63) is 59.7 Å². The summed E-state index contributed by atoms with van der Waals surface area (Å²) in [7, 11) is 0. The van der Waals surface area contributed by atoms with Gasteiger partial charge in [0.2, 0.25) is 0 Å². The SMILES string of the molecule is Cc1ccc(OCC(=O)NN2C(=O)c3ccccc3NC2C(C)C)cc1. The third-order valence-corrected chi connectivity index (χ3v) is 4.23. The Morgan fingerprint density at radius 1 is 1.19 bits per heavy atom. The standard InChI is InChI=1S/C20H23N3O3/c1-13(2)19-21-17-7-5-4-6-16(17)20(25)23(19)22-18(24)12-26-15-10-8-14(3)9-11-15/h4-11,13,19,21H,12H2,1-3H3,(H,22,24). The van der Waals surface area contributed by atoms with Gasteiger partial charge in [-0.15, -0.1) is 0 Å². The summed E-state index contributed by atoms with van der Waals surface area (Å²) < 4.78 is 5.49. The van der Waals surface area contributed by atoms with Crippen molar-refractivity contribution < 1.29 is 14.3 Å². The van der Waals surface area contributed by atoms with E-state index in [4.69, 9.17) is 4.74 Å². The van der Waals surface area contributed by atoms with Crippen LogP contribution >= 0.6 is 0 Å². The lowest BCUT2D eigenvalue weighted by Gasteiger charge is -2.39. The van der Waals surface area contributed by atoms with Gasteiger partial charge in [0.1, 0.15) is 11.9 Å². The van der Waals surface area contributed by atoms with Crippen LogP contribution < -0.4 is 15.5 Å². The molecule has 2 N–H and O–H groups in total. The maximum absolute atomic E-state index is 12.8. The van der Waals surface area contributed by atoms with Gasteiger partial charge in [0.25, 0.3) is 11.8 Å². The lowest BCUT2D eigenvalue weighted by atomic mass is 10.0. The molecule has 6 heteroatoms. The van der Waals surface area contributed by atoms with Gasteiger partial charge in [-0.25, -0.2) is 5.01 Å². The van der Waals surface area contributed by atoms with Gasteiger partial charge < -0.3 is 10.1 Å². The van der Waals surface area contributed by atoms with Gasteiger partial charge in [-0.2, -0.15) is 0 Å². The molecule has 2 aromatic rings. The number of carbonyl (C=O) groups is 2. The number of hydrogen-bond acceptors (Lipinski definition) is 4. The fourth-order valence-corrected chi connectivity index (χ4v) is 2.81. The maximum atomic E-state index is 12.8. The highest BCUT2D eigenvalue weighted by atomic mass is 16.5. The van der Waals surface area contributed by atoms with Gasteiger partial charge in [0.15, 0.2) is 6.61 Å². The molecule has 6 nitrogen and oxygen atoms in total. The zero-order valence-corrected chi connectivity index (χ0v) is 15.2. The third-order valence-electron chi connectivity index (χ3n) is 4.23. The average Bonchev–Trinajstić information content (AvgIpc) is 2.63. The summed E-state index contributed by atoms with van der Waals surface area (Å²) in [5.41, 5.74) is 5.10. The number of nitrogens with zero attached hydrogens (tertiary/aromatic N) is 1. The minimum atomic E-state index is -0.384. The molecule has 2 aromatic carbocycles. The second kappa shape index (κ2) is 7.47. The third kappa shape index (κ3) is 3.79. The second-order valence-corrected chi connectivity index (χ2v) is 6.69. The number of anilines is 1. The Balaban J connectivity index is 1.69. The van der Waals surface area contributed by atoms with Gasteiger partial charge in [0.05, 0.1) is 5.56 Å².